The quantitative estimate of drug-likeness (QED) is 0.650. The molecule has 5 nitrogen and oxygen atoms in total. The number of halogens is 1. The van der Waals surface area contributed by atoms with Crippen molar-refractivity contribution in [1.82, 2.24) is 0 Å². The van der Waals surface area contributed by atoms with Crippen molar-refractivity contribution in [2.45, 2.75) is 13.5 Å². The molecule has 110 valence electrons. The van der Waals surface area contributed by atoms with Gasteiger partial charge in [-0.15, -0.1) is 0 Å². The van der Waals surface area contributed by atoms with Crippen LogP contribution in [-0.4, -0.2) is 11.5 Å². The fraction of sp³-hybridized carbons (Fsp3) is 0.200. The van der Waals surface area contributed by atoms with E-state index >= 15 is 0 Å². The van der Waals surface area contributed by atoms with E-state index in [1.807, 2.05) is 31.2 Å². The van der Waals surface area contributed by atoms with Crippen LogP contribution < -0.4 is 10.1 Å². The number of rotatable bonds is 6. The van der Waals surface area contributed by atoms with Crippen molar-refractivity contribution in [2.24, 2.45) is 0 Å². The van der Waals surface area contributed by atoms with Crippen molar-refractivity contribution in [3.8, 4) is 5.75 Å². The van der Waals surface area contributed by atoms with Crippen molar-refractivity contribution in [2.75, 3.05) is 11.9 Å². The first kappa shape index (κ1) is 14.8. The third kappa shape index (κ3) is 4.17. The molecule has 0 heterocycles. The highest BCUT2D eigenvalue weighted by atomic mass is 19.1. The van der Waals surface area contributed by atoms with Gasteiger partial charge in [-0.2, -0.15) is 0 Å². The van der Waals surface area contributed by atoms with Crippen LogP contribution in [0, 0.1) is 15.9 Å². The molecule has 0 bridgehead atoms. The molecule has 0 amide bonds. The summed E-state index contributed by atoms with van der Waals surface area (Å²) in [7, 11) is 0. The zero-order chi connectivity index (χ0) is 15.2. The van der Waals surface area contributed by atoms with E-state index in [9.17, 15) is 14.5 Å². The molecule has 6 heteroatoms. The maximum Gasteiger partial charge on any atom is 0.274 e. The first-order valence-electron chi connectivity index (χ1n) is 6.49. The van der Waals surface area contributed by atoms with E-state index < -0.39 is 10.7 Å². The Morgan fingerprint density at radius 1 is 1.29 bits per heavy atom. The van der Waals surface area contributed by atoms with Crippen LogP contribution in [0.5, 0.6) is 5.75 Å². The van der Waals surface area contributed by atoms with Crippen LogP contribution in [-0.2, 0) is 6.54 Å². The van der Waals surface area contributed by atoms with Gasteiger partial charge in [0.25, 0.3) is 5.69 Å². The van der Waals surface area contributed by atoms with Gasteiger partial charge in [0, 0.05) is 18.3 Å². The van der Waals surface area contributed by atoms with Crippen LogP contribution in [0.25, 0.3) is 0 Å². The van der Waals surface area contributed by atoms with Gasteiger partial charge in [-0.3, -0.25) is 10.1 Å². The van der Waals surface area contributed by atoms with E-state index in [0.717, 1.165) is 17.4 Å². The second-order valence-corrected chi connectivity index (χ2v) is 4.39. The maximum absolute atomic E-state index is 13.3. The summed E-state index contributed by atoms with van der Waals surface area (Å²) in [6.07, 6.45) is 0. The Hall–Kier alpha value is -2.63. The number of nitrogens with zero attached hydrogens (tertiary/aromatic N) is 1. The smallest absolute Gasteiger partial charge is 0.274 e. The first-order chi connectivity index (χ1) is 10.1. The van der Waals surface area contributed by atoms with Crippen molar-refractivity contribution >= 4 is 11.4 Å². The number of benzene rings is 2. The number of non-ortho nitro benzene ring substituents is 1. The van der Waals surface area contributed by atoms with Crippen molar-refractivity contribution < 1.29 is 14.1 Å². The van der Waals surface area contributed by atoms with Crippen LogP contribution in [0.1, 0.15) is 12.5 Å². The summed E-state index contributed by atoms with van der Waals surface area (Å²) in [6, 6.07) is 10.9. The van der Waals surface area contributed by atoms with Crippen molar-refractivity contribution in [1.29, 1.82) is 0 Å². The Morgan fingerprint density at radius 2 is 2.10 bits per heavy atom. The summed E-state index contributed by atoms with van der Waals surface area (Å²) < 4.78 is 18.7. The molecule has 0 unspecified atom stereocenters. The van der Waals surface area contributed by atoms with Crippen LogP contribution in [0.3, 0.4) is 0 Å². The van der Waals surface area contributed by atoms with Gasteiger partial charge in [0.05, 0.1) is 17.6 Å². The van der Waals surface area contributed by atoms with Gasteiger partial charge in [-0.1, -0.05) is 12.1 Å². The number of nitro groups is 1. The molecule has 0 radical (unpaired) electrons. The molecule has 0 aliphatic rings. The van der Waals surface area contributed by atoms with Gasteiger partial charge >= 0.3 is 0 Å². The average Bonchev–Trinajstić information content (AvgIpc) is 2.45. The highest BCUT2D eigenvalue weighted by Gasteiger charge is 2.09. The molecule has 2 aromatic rings. The van der Waals surface area contributed by atoms with Crippen LogP contribution >= 0.6 is 0 Å². The van der Waals surface area contributed by atoms with E-state index in [-0.39, 0.29) is 5.69 Å². The third-order valence-electron chi connectivity index (χ3n) is 2.80. The summed E-state index contributed by atoms with van der Waals surface area (Å²) in [5, 5.41) is 13.7. The molecule has 0 spiro atoms. The molecule has 2 rings (SSSR count). The lowest BCUT2D eigenvalue weighted by atomic mass is 10.2. The minimum atomic E-state index is -0.644. The van der Waals surface area contributed by atoms with E-state index in [1.54, 1.807) is 0 Å². The second kappa shape index (κ2) is 6.69. The first-order valence-corrected chi connectivity index (χ1v) is 6.49. The minimum absolute atomic E-state index is 0.277. The van der Waals surface area contributed by atoms with Gasteiger partial charge in [-0.05, 0) is 30.7 Å². The molecule has 0 aliphatic heterocycles. The Morgan fingerprint density at radius 3 is 2.81 bits per heavy atom. The SMILES string of the molecule is CCOc1cccc(CNc2cc(F)cc([N+](=O)[O-])c2)c1. The average molecular weight is 290 g/mol. The molecule has 0 aromatic heterocycles. The summed E-state index contributed by atoms with van der Waals surface area (Å²) in [5.41, 5.74) is 1.02. The number of anilines is 1. The summed E-state index contributed by atoms with van der Waals surface area (Å²) >= 11 is 0. The number of hydrogen-bond donors (Lipinski definition) is 1. The van der Waals surface area contributed by atoms with Crippen LogP contribution in [0.2, 0.25) is 0 Å². The van der Waals surface area contributed by atoms with E-state index in [2.05, 4.69) is 5.32 Å². The number of nitro benzene ring substituents is 1. The largest absolute Gasteiger partial charge is 0.494 e. The second-order valence-electron chi connectivity index (χ2n) is 4.39. The molecule has 1 N–H and O–H groups in total. The molecule has 0 saturated heterocycles. The van der Waals surface area contributed by atoms with Gasteiger partial charge in [-0.25, -0.2) is 4.39 Å². The highest BCUT2D eigenvalue weighted by Crippen LogP contribution is 2.21. The topological polar surface area (TPSA) is 64.4 Å². The van der Waals surface area contributed by atoms with Gasteiger partial charge in [0.15, 0.2) is 0 Å². The van der Waals surface area contributed by atoms with Crippen LogP contribution in [0.4, 0.5) is 15.8 Å². The van der Waals surface area contributed by atoms with E-state index in [0.29, 0.717) is 18.8 Å². The van der Waals surface area contributed by atoms with Gasteiger partial charge < -0.3 is 10.1 Å². The highest BCUT2D eigenvalue weighted by molar-refractivity contribution is 5.52. The predicted molar refractivity (Wildman–Crippen MR) is 78.0 cm³/mol. The molecular formula is C15H15FN2O3. The molecule has 0 aliphatic carbocycles. The Kier molecular flexibility index (Phi) is 4.71. The lowest BCUT2D eigenvalue weighted by molar-refractivity contribution is -0.385. The summed E-state index contributed by atoms with van der Waals surface area (Å²) in [5.74, 6) is 0.108. The Balaban J connectivity index is 2.09. The molecule has 0 saturated carbocycles. The fourth-order valence-electron chi connectivity index (χ4n) is 1.90. The lowest BCUT2D eigenvalue weighted by Crippen LogP contribution is -2.01. The van der Waals surface area contributed by atoms with Crippen molar-refractivity contribution in [3.05, 3.63) is 64.0 Å². The molecule has 0 fully saturated rings. The minimum Gasteiger partial charge on any atom is -0.494 e. The third-order valence-corrected chi connectivity index (χ3v) is 2.80. The standard InChI is InChI=1S/C15H15FN2O3/c1-2-21-15-5-3-4-11(6-15)10-17-13-7-12(16)8-14(9-13)18(19)20/h3-9,17H,2,10H2,1H3. The number of ether oxygens (including phenoxy) is 1. The lowest BCUT2D eigenvalue weighted by Gasteiger charge is -2.09. The summed E-state index contributed by atoms with van der Waals surface area (Å²) in [6.45, 7) is 2.89. The number of hydrogen-bond acceptors (Lipinski definition) is 4. The molecule has 0 atom stereocenters. The normalized spacial score (nSPS) is 10.2. The zero-order valence-corrected chi connectivity index (χ0v) is 11.5. The molecule has 2 aromatic carbocycles. The predicted octanol–water partition coefficient (Wildman–Crippen LogP) is 3.74. The molecular weight excluding hydrogens is 275 g/mol. The van der Waals surface area contributed by atoms with Crippen LogP contribution in [0.15, 0.2) is 42.5 Å². The van der Waals surface area contributed by atoms with E-state index in [1.165, 1.54) is 12.1 Å². The maximum atomic E-state index is 13.3. The Bertz CT molecular complexity index is 647. The molecule has 21 heavy (non-hydrogen) atoms. The van der Waals surface area contributed by atoms with Gasteiger partial charge in [0.2, 0.25) is 0 Å². The Labute approximate surface area is 121 Å². The monoisotopic (exact) mass is 290 g/mol. The summed E-state index contributed by atoms with van der Waals surface area (Å²) in [4.78, 5) is 10.1. The van der Waals surface area contributed by atoms with Crippen molar-refractivity contribution in [3.63, 3.8) is 0 Å². The fourth-order valence-corrected chi connectivity index (χ4v) is 1.90. The van der Waals surface area contributed by atoms with Gasteiger partial charge in [0.1, 0.15) is 11.6 Å². The van der Waals surface area contributed by atoms with E-state index in [4.69, 9.17) is 4.74 Å². The zero-order valence-electron chi connectivity index (χ0n) is 11.5. The number of nitrogens with one attached hydrogen (secondary N) is 1.